The Labute approximate surface area is 142 Å². The zero-order valence-corrected chi connectivity index (χ0v) is 14.3. The number of benzene rings is 1. The van der Waals surface area contributed by atoms with E-state index in [0.29, 0.717) is 30.1 Å². The number of nitrogens with zero attached hydrogens (tertiary/aromatic N) is 1. The molecule has 5 nitrogen and oxygen atoms in total. The predicted molar refractivity (Wildman–Crippen MR) is 94.2 cm³/mol. The van der Waals surface area contributed by atoms with Gasteiger partial charge in [0.05, 0.1) is 5.56 Å². The van der Waals surface area contributed by atoms with E-state index in [0.717, 1.165) is 5.69 Å². The van der Waals surface area contributed by atoms with Crippen molar-refractivity contribution in [3.05, 3.63) is 65.0 Å². The van der Waals surface area contributed by atoms with E-state index in [2.05, 4.69) is 29.5 Å². The molecule has 0 aliphatic rings. The summed E-state index contributed by atoms with van der Waals surface area (Å²) in [6, 6.07) is 11.1. The minimum Gasteiger partial charge on any atom is -0.350 e. The number of carbonyl (C=O) groups is 2. The number of amides is 2. The summed E-state index contributed by atoms with van der Waals surface area (Å²) in [6.07, 6.45) is 1.54. The van der Waals surface area contributed by atoms with Gasteiger partial charge in [0.15, 0.2) is 0 Å². The van der Waals surface area contributed by atoms with Crippen LogP contribution < -0.4 is 10.6 Å². The first-order chi connectivity index (χ1) is 11.5. The monoisotopic (exact) mass is 325 g/mol. The highest BCUT2D eigenvalue weighted by Crippen LogP contribution is 2.14. The molecule has 2 amide bonds. The quantitative estimate of drug-likeness (QED) is 0.802. The van der Waals surface area contributed by atoms with Gasteiger partial charge in [-0.2, -0.15) is 0 Å². The molecule has 126 valence electrons. The number of carbonyl (C=O) groups excluding carboxylic acids is 2. The molecular weight excluding hydrogens is 302 g/mol. The maximum atomic E-state index is 12.0. The maximum Gasteiger partial charge on any atom is 0.252 e. The summed E-state index contributed by atoms with van der Waals surface area (Å²) in [5.74, 6) is 0.100. The summed E-state index contributed by atoms with van der Waals surface area (Å²) in [5, 5.41) is 5.55. The third-order valence-corrected chi connectivity index (χ3v) is 3.71. The normalized spacial score (nSPS) is 10.5. The molecule has 0 aliphatic heterocycles. The van der Waals surface area contributed by atoms with Gasteiger partial charge in [-0.1, -0.05) is 26.0 Å². The molecule has 1 heterocycles. The van der Waals surface area contributed by atoms with Crippen molar-refractivity contribution in [2.45, 2.75) is 26.7 Å². The lowest BCUT2D eigenvalue weighted by molar-refractivity contribution is 0.0927. The molecule has 0 aliphatic carbocycles. The highest BCUT2D eigenvalue weighted by Gasteiger charge is 2.07. The Hall–Kier alpha value is -2.69. The summed E-state index contributed by atoms with van der Waals surface area (Å²) >= 11 is 0. The number of aryl methyl sites for hydroxylation is 1. The first-order valence-corrected chi connectivity index (χ1v) is 8.06. The van der Waals surface area contributed by atoms with E-state index < -0.39 is 0 Å². The number of rotatable bonds is 6. The summed E-state index contributed by atoms with van der Waals surface area (Å²) in [4.78, 5) is 28.0. The fourth-order valence-corrected chi connectivity index (χ4v) is 2.18. The van der Waals surface area contributed by atoms with Crippen molar-refractivity contribution in [2.24, 2.45) is 0 Å². The Bertz CT molecular complexity index is 692. The second-order valence-electron chi connectivity index (χ2n) is 5.98. The zero-order chi connectivity index (χ0) is 17.5. The molecule has 2 N–H and O–H groups in total. The van der Waals surface area contributed by atoms with E-state index in [4.69, 9.17) is 0 Å². The van der Waals surface area contributed by atoms with E-state index in [9.17, 15) is 9.59 Å². The van der Waals surface area contributed by atoms with Crippen LogP contribution in [-0.2, 0) is 0 Å². The number of pyridine rings is 1. The molecule has 1 aromatic heterocycles. The highest BCUT2D eigenvalue weighted by molar-refractivity contribution is 5.95. The molecule has 0 radical (unpaired) electrons. The molecule has 0 saturated heterocycles. The first-order valence-electron chi connectivity index (χ1n) is 8.06. The lowest BCUT2D eigenvalue weighted by Gasteiger charge is -2.09. The molecule has 0 fully saturated rings. The first kappa shape index (κ1) is 17.7. The Morgan fingerprint density at radius 2 is 1.46 bits per heavy atom. The fourth-order valence-electron chi connectivity index (χ4n) is 2.18. The van der Waals surface area contributed by atoms with E-state index in [1.807, 2.05) is 31.2 Å². The Balaban J connectivity index is 1.76. The molecule has 5 heteroatoms. The van der Waals surface area contributed by atoms with Gasteiger partial charge in [-0.05, 0) is 42.7 Å². The summed E-state index contributed by atoms with van der Waals surface area (Å²) in [5.41, 5.74) is 3.19. The standard InChI is InChI=1S/C19H23N3O2/c1-13(2)15-6-8-16(9-7-15)18(23)20-10-11-21-19(24)17-5-4-14(3)22-12-17/h4-9,12-13H,10-11H2,1-3H3,(H,20,23)(H,21,24). The lowest BCUT2D eigenvalue weighted by atomic mass is 10.0. The highest BCUT2D eigenvalue weighted by atomic mass is 16.2. The topological polar surface area (TPSA) is 71.1 Å². The van der Waals surface area contributed by atoms with Gasteiger partial charge in [0, 0.05) is 30.5 Å². The fraction of sp³-hybridized carbons (Fsp3) is 0.316. The smallest absolute Gasteiger partial charge is 0.252 e. The largest absolute Gasteiger partial charge is 0.350 e. The molecule has 0 unspecified atom stereocenters. The van der Waals surface area contributed by atoms with Crippen LogP contribution in [-0.4, -0.2) is 29.9 Å². The van der Waals surface area contributed by atoms with Crippen LogP contribution >= 0.6 is 0 Å². The number of hydrogen-bond donors (Lipinski definition) is 2. The van der Waals surface area contributed by atoms with Crippen molar-refractivity contribution in [3.8, 4) is 0 Å². The van der Waals surface area contributed by atoms with Crippen LogP contribution in [0, 0.1) is 6.92 Å². The van der Waals surface area contributed by atoms with E-state index in [-0.39, 0.29) is 11.8 Å². The summed E-state index contributed by atoms with van der Waals surface area (Å²) in [6.45, 7) is 6.83. The SMILES string of the molecule is Cc1ccc(C(=O)NCCNC(=O)c2ccc(C(C)C)cc2)cn1. The molecule has 1 aromatic carbocycles. The summed E-state index contributed by atoms with van der Waals surface area (Å²) in [7, 11) is 0. The van der Waals surface area contributed by atoms with Crippen molar-refractivity contribution in [2.75, 3.05) is 13.1 Å². The Morgan fingerprint density at radius 1 is 0.917 bits per heavy atom. The third-order valence-electron chi connectivity index (χ3n) is 3.71. The third kappa shape index (κ3) is 4.91. The molecule has 2 rings (SSSR count). The second kappa shape index (κ2) is 8.24. The van der Waals surface area contributed by atoms with Crippen molar-refractivity contribution in [1.29, 1.82) is 0 Å². The Morgan fingerprint density at radius 3 is 1.96 bits per heavy atom. The van der Waals surface area contributed by atoms with Crippen molar-refractivity contribution < 1.29 is 9.59 Å². The van der Waals surface area contributed by atoms with Gasteiger partial charge in [-0.25, -0.2) is 0 Å². The average molecular weight is 325 g/mol. The van der Waals surface area contributed by atoms with Gasteiger partial charge in [0.2, 0.25) is 0 Å². The predicted octanol–water partition coefficient (Wildman–Crippen LogP) is 2.67. The van der Waals surface area contributed by atoms with Crippen LogP contribution in [0.4, 0.5) is 0 Å². The number of nitrogens with one attached hydrogen (secondary N) is 2. The second-order valence-corrected chi connectivity index (χ2v) is 5.98. The number of aromatic nitrogens is 1. The molecule has 0 bridgehead atoms. The van der Waals surface area contributed by atoms with Crippen LogP contribution in [0.15, 0.2) is 42.6 Å². The van der Waals surface area contributed by atoms with Gasteiger partial charge in [0.25, 0.3) is 11.8 Å². The van der Waals surface area contributed by atoms with Crippen molar-refractivity contribution in [3.63, 3.8) is 0 Å². The summed E-state index contributed by atoms with van der Waals surface area (Å²) < 4.78 is 0. The average Bonchev–Trinajstić information content (AvgIpc) is 2.59. The Kier molecular flexibility index (Phi) is 6.07. The van der Waals surface area contributed by atoms with Crippen LogP contribution in [0.5, 0.6) is 0 Å². The van der Waals surface area contributed by atoms with Gasteiger partial charge < -0.3 is 10.6 Å². The van der Waals surface area contributed by atoms with Gasteiger partial charge in [0.1, 0.15) is 0 Å². The van der Waals surface area contributed by atoms with Crippen LogP contribution in [0.1, 0.15) is 51.7 Å². The van der Waals surface area contributed by atoms with Gasteiger partial charge in [-0.3, -0.25) is 14.6 Å². The molecule has 0 atom stereocenters. The van der Waals surface area contributed by atoms with Crippen LogP contribution in [0.25, 0.3) is 0 Å². The number of hydrogen-bond acceptors (Lipinski definition) is 3. The molecule has 0 saturated carbocycles. The molecule has 24 heavy (non-hydrogen) atoms. The minimum absolute atomic E-state index is 0.142. The van der Waals surface area contributed by atoms with Crippen molar-refractivity contribution >= 4 is 11.8 Å². The molecule has 0 spiro atoms. The van der Waals surface area contributed by atoms with Crippen molar-refractivity contribution in [1.82, 2.24) is 15.6 Å². The van der Waals surface area contributed by atoms with Crippen LogP contribution in [0.2, 0.25) is 0 Å². The minimum atomic E-state index is -0.196. The lowest BCUT2D eigenvalue weighted by Crippen LogP contribution is -2.34. The molecular formula is C19H23N3O2. The maximum absolute atomic E-state index is 12.0. The van der Waals surface area contributed by atoms with E-state index in [1.54, 1.807) is 18.3 Å². The van der Waals surface area contributed by atoms with E-state index >= 15 is 0 Å². The van der Waals surface area contributed by atoms with Crippen LogP contribution in [0.3, 0.4) is 0 Å². The van der Waals surface area contributed by atoms with Gasteiger partial charge >= 0.3 is 0 Å². The van der Waals surface area contributed by atoms with Gasteiger partial charge in [-0.15, -0.1) is 0 Å². The molecule has 2 aromatic rings. The zero-order valence-electron chi connectivity index (χ0n) is 14.3. The van der Waals surface area contributed by atoms with E-state index in [1.165, 1.54) is 5.56 Å².